The molecule has 0 aliphatic carbocycles. The van der Waals surface area contributed by atoms with E-state index in [2.05, 4.69) is 21.8 Å². The van der Waals surface area contributed by atoms with Crippen LogP contribution in [0.2, 0.25) is 0 Å². The standard InChI is InChI=1S/C29H28FN7O3/c1-16-15-40-8-7-36(16)26-12-25(27-17(2)35-37(18(27)3)21-11-20(30)13-31-14-21)33-28(34-26)23-9-19(29(38)39-4)10-24-22(23)5-6-32-24/h5-6,9-14,16,32H,7-8,15H2,1-4H3/t16-/m1/s1. The minimum Gasteiger partial charge on any atom is -0.465 e. The van der Waals surface area contributed by atoms with Crippen LogP contribution >= 0.6 is 0 Å². The van der Waals surface area contributed by atoms with Gasteiger partial charge in [-0.25, -0.2) is 23.8 Å². The molecule has 0 spiro atoms. The lowest BCUT2D eigenvalue weighted by Crippen LogP contribution is -2.44. The lowest BCUT2D eigenvalue weighted by atomic mass is 10.0. The minimum atomic E-state index is -0.451. The lowest BCUT2D eigenvalue weighted by Gasteiger charge is -2.34. The number of carbonyl (C=O) groups excluding carboxylic acids is 1. The number of anilines is 1. The van der Waals surface area contributed by atoms with Crippen LogP contribution in [0.5, 0.6) is 0 Å². The maximum atomic E-state index is 14.0. The van der Waals surface area contributed by atoms with Crippen molar-refractivity contribution in [2.24, 2.45) is 0 Å². The van der Waals surface area contributed by atoms with E-state index >= 15 is 0 Å². The van der Waals surface area contributed by atoms with Crippen molar-refractivity contribution >= 4 is 22.7 Å². The van der Waals surface area contributed by atoms with Gasteiger partial charge in [0.2, 0.25) is 0 Å². The number of aryl methyl sites for hydroxylation is 1. The normalized spacial score (nSPS) is 15.5. The summed E-state index contributed by atoms with van der Waals surface area (Å²) in [5.74, 6) is 0.301. The lowest BCUT2D eigenvalue weighted by molar-refractivity contribution is 0.0601. The number of benzene rings is 1. The van der Waals surface area contributed by atoms with Gasteiger partial charge in [-0.15, -0.1) is 0 Å². The third-order valence-corrected chi connectivity index (χ3v) is 7.19. The molecule has 0 saturated carbocycles. The number of ether oxygens (including phenoxy) is 2. The molecular formula is C29H28FN7O3. The highest BCUT2D eigenvalue weighted by Crippen LogP contribution is 2.35. The average molecular weight is 542 g/mol. The highest BCUT2D eigenvalue weighted by atomic mass is 19.1. The summed E-state index contributed by atoms with van der Waals surface area (Å²) < 4.78 is 26.3. The van der Waals surface area contributed by atoms with Crippen molar-refractivity contribution in [2.75, 3.05) is 31.8 Å². The molecule has 1 fully saturated rings. The Balaban J connectivity index is 1.58. The molecule has 40 heavy (non-hydrogen) atoms. The number of esters is 1. The van der Waals surface area contributed by atoms with Crippen molar-refractivity contribution in [3.05, 3.63) is 71.7 Å². The van der Waals surface area contributed by atoms with E-state index in [4.69, 9.17) is 24.5 Å². The third-order valence-electron chi connectivity index (χ3n) is 7.19. The predicted molar refractivity (Wildman–Crippen MR) is 148 cm³/mol. The zero-order valence-corrected chi connectivity index (χ0v) is 22.6. The first-order chi connectivity index (χ1) is 19.3. The molecule has 10 nitrogen and oxygen atoms in total. The Hall–Kier alpha value is -4.64. The maximum Gasteiger partial charge on any atom is 0.337 e. The van der Waals surface area contributed by atoms with Crippen LogP contribution in [-0.2, 0) is 9.47 Å². The Morgan fingerprint density at radius 1 is 1.18 bits per heavy atom. The van der Waals surface area contributed by atoms with E-state index in [0.717, 1.165) is 39.9 Å². The zero-order chi connectivity index (χ0) is 28.0. The summed E-state index contributed by atoms with van der Waals surface area (Å²) in [5, 5.41) is 5.57. The number of hydrogen-bond acceptors (Lipinski definition) is 8. The maximum absolute atomic E-state index is 14.0. The second-order valence-corrected chi connectivity index (χ2v) is 9.83. The molecule has 11 heteroatoms. The van der Waals surface area contributed by atoms with Gasteiger partial charge in [-0.05, 0) is 39.0 Å². The highest BCUT2D eigenvalue weighted by molar-refractivity contribution is 6.01. The van der Waals surface area contributed by atoms with E-state index < -0.39 is 11.8 Å². The quantitative estimate of drug-likeness (QED) is 0.321. The van der Waals surface area contributed by atoms with Gasteiger partial charge >= 0.3 is 5.97 Å². The van der Waals surface area contributed by atoms with E-state index in [9.17, 15) is 9.18 Å². The molecule has 4 aromatic heterocycles. The first-order valence-electron chi connectivity index (χ1n) is 12.9. The first kappa shape index (κ1) is 25.6. The topological polar surface area (TPSA) is 111 Å². The van der Waals surface area contributed by atoms with Gasteiger partial charge in [-0.3, -0.25) is 4.98 Å². The Morgan fingerprint density at radius 2 is 2.02 bits per heavy atom. The number of methoxy groups -OCH3 is 1. The first-order valence-corrected chi connectivity index (χ1v) is 12.9. The highest BCUT2D eigenvalue weighted by Gasteiger charge is 2.25. The molecule has 5 aromatic rings. The fourth-order valence-electron chi connectivity index (χ4n) is 5.27. The van der Waals surface area contributed by atoms with Crippen LogP contribution in [0.1, 0.15) is 28.7 Å². The fourth-order valence-corrected chi connectivity index (χ4v) is 5.27. The molecule has 1 aromatic carbocycles. The van der Waals surface area contributed by atoms with Gasteiger partial charge in [0.1, 0.15) is 11.6 Å². The number of nitrogens with zero attached hydrogens (tertiary/aromatic N) is 6. The molecule has 1 saturated heterocycles. The Labute approximate surface area is 229 Å². The van der Waals surface area contributed by atoms with Crippen LogP contribution in [0, 0.1) is 19.7 Å². The number of morpholine rings is 1. The van der Waals surface area contributed by atoms with E-state index in [1.54, 1.807) is 23.0 Å². The Morgan fingerprint density at radius 3 is 2.80 bits per heavy atom. The SMILES string of the molecule is COC(=O)c1cc(-c2nc(-c3c(C)nn(-c4cncc(F)c4)c3C)cc(N3CCOC[C@H]3C)n2)c2cc[nH]c2c1. The molecule has 0 unspecified atom stereocenters. The van der Waals surface area contributed by atoms with Crippen molar-refractivity contribution in [1.82, 2.24) is 29.7 Å². The molecule has 1 aliphatic rings. The molecule has 1 aliphatic heterocycles. The molecule has 6 rings (SSSR count). The van der Waals surface area contributed by atoms with Crippen LogP contribution in [0.3, 0.4) is 0 Å². The smallest absolute Gasteiger partial charge is 0.337 e. The fraction of sp³-hybridized carbons (Fsp3) is 0.276. The van der Waals surface area contributed by atoms with E-state index in [1.807, 2.05) is 32.2 Å². The molecular weight excluding hydrogens is 513 g/mol. The monoisotopic (exact) mass is 541 g/mol. The van der Waals surface area contributed by atoms with Crippen molar-refractivity contribution in [1.29, 1.82) is 0 Å². The van der Waals surface area contributed by atoms with Gasteiger partial charge in [-0.2, -0.15) is 5.10 Å². The number of H-pyrrole nitrogens is 1. The largest absolute Gasteiger partial charge is 0.465 e. The van der Waals surface area contributed by atoms with Crippen molar-refractivity contribution < 1.29 is 18.7 Å². The van der Waals surface area contributed by atoms with Crippen molar-refractivity contribution in [3.63, 3.8) is 0 Å². The summed E-state index contributed by atoms with van der Waals surface area (Å²) in [6.45, 7) is 7.74. The van der Waals surface area contributed by atoms with Crippen LogP contribution < -0.4 is 4.90 Å². The number of pyridine rings is 1. The van der Waals surface area contributed by atoms with Gasteiger partial charge in [0, 0.05) is 46.9 Å². The zero-order valence-electron chi connectivity index (χ0n) is 22.6. The second-order valence-electron chi connectivity index (χ2n) is 9.83. The number of hydrogen-bond donors (Lipinski definition) is 1. The predicted octanol–water partition coefficient (Wildman–Crippen LogP) is 4.64. The number of halogens is 1. The van der Waals surface area contributed by atoms with E-state index in [0.29, 0.717) is 48.1 Å². The average Bonchev–Trinajstić information content (AvgIpc) is 3.55. The molecule has 5 heterocycles. The van der Waals surface area contributed by atoms with Crippen LogP contribution in [0.4, 0.5) is 10.2 Å². The molecule has 1 atom stereocenters. The summed E-state index contributed by atoms with van der Waals surface area (Å²) in [5.41, 5.74) is 5.35. The van der Waals surface area contributed by atoms with E-state index in [-0.39, 0.29) is 6.04 Å². The number of nitrogens with one attached hydrogen (secondary N) is 1. The summed E-state index contributed by atoms with van der Waals surface area (Å²) >= 11 is 0. The Kier molecular flexibility index (Phi) is 6.51. The molecule has 1 N–H and O–H groups in total. The van der Waals surface area contributed by atoms with Crippen LogP contribution in [0.25, 0.3) is 39.2 Å². The van der Waals surface area contributed by atoms with Gasteiger partial charge in [-0.1, -0.05) is 0 Å². The second kappa shape index (κ2) is 10.2. The number of fused-ring (bicyclic) bond motifs is 1. The van der Waals surface area contributed by atoms with Crippen LogP contribution in [0.15, 0.2) is 48.9 Å². The minimum absolute atomic E-state index is 0.0984. The molecule has 0 radical (unpaired) electrons. The van der Waals surface area contributed by atoms with Crippen molar-refractivity contribution in [3.8, 4) is 28.3 Å². The van der Waals surface area contributed by atoms with Crippen LogP contribution in [-0.4, -0.2) is 68.6 Å². The van der Waals surface area contributed by atoms with Gasteiger partial charge < -0.3 is 19.4 Å². The number of rotatable bonds is 5. The molecule has 0 bridgehead atoms. The summed E-state index contributed by atoms with van der Waals surface area (Å²) in [7, 11) is 1.35. The van der Waals surface area contributed by atoms with Gasteiger partial charge in [0.05, 0.1) is 67.1 Å². The molecule has 0 amide bonds. The summed E-state index contributed by atoms with van der Waals surface area (Å²) in [6, 6.07) is 8.89. The van der Waals surface area contributed by atoms with Crippen molar-refractivity contribution in [2.45, 2.75) is 26.8 Å². The molecule has 204 valence electrons. The number of aromatic nitrogens is 6. The third kappa shape index (κ3) is 4.47. The number of aromatic amines is 1. The van der Waals surface area contributed by atoms with Gasteiger partial charge in [0.15, 0.2) is 5.82 Å². The van der Waals surface area contributed by atoms with E-state index in [1.165, 1.54) is 13.2 Å². The number of carbonyl (C=O) groups is 1. The summed E-state index contributed by atoms with van der Waals surface area (Å²) in [6.07, 6.45) is 4.54. The summed E-state index contributed by atoms with van der Waals surface area (Å²) in [4.78, 5) is 31.9. The van der Waals surface area contributed by atoms with Gasteiger partial charge in [0.25, 0.3) is 0 Å². The Bertz CT molecular complexity index is 1750.